The van der Waals surface area contributed by atoms with Crippen LogP contribution in [0.3, 0.4) is 0 Å². The van der Waals surface area contributed by atoms with Crippen LogP contribution in [0.25, 0.3) is 11.7 Å². The molecule has 0 radical (unpaired) electrons. The predicted molar refractivity (Wildman–Crippen MR) is 70.7 cm³/mol. The first-order valence-corrected chi connectivity index (χ1v) is 6.87. The summed E-state index contributed by atoms with van der Waals surface area (Å²) in [7, 11) is 1.85. The largest absolute Gasteiger partial charge is 0.459 e. The van der Waals surface area contributed by atoms with Crippen LogP contribution in [-0.4, -0.2) is 24.8 Å². The summed E-state index contributed by atoms with van der Waals surface area (Å²) in [5.74, 6) is 2.00. The molecule has 0 unspecified atom stereocenters. The van der Waals surface area contributed by atoms with Crippen molar-refractivity contribution >= 4 is 11.8 Å². The van der Waals surface area contributed by atoms with Gasteiger partial charge in [0.2, 0.25) is 0 Å². The monoisotopic (exact) mass is 292 g/mol. The standard InChI is InChI=1S/C12H12N4O3S/c1-16-8(6-17)5-13-12(16)20-7-10-14-11(19-15-10)9-3-2-4-18-9/h2-5,17H,6-7H2,1H3. The highest BCUT2D eigenvalue weighted by atomic mass is 32.2. The maximum absolute atomic E-state index is 9.11. The van der Waals surface area contributed by atoms with Crippen LogP contribution in [0.15, 0.2) is 38.7 Å². The molecule has 1 N–H and O–H groups in total. The van der Waals surface area contributed by atoms with E-state index in [2.05, 4.69) is 15.1 Å². The second-order valence-electron chi connectivity index (χ2n) is 4.03. The zero-order valence-electron chi connectivity index (χ0n) is 10.7. The Balaban J connectivity index is 1.68. The lowest BCUT2D eigenvalue weighted by molar-refractivity contribution is 0.271. The van der Waals surface area contributed by atoms with E-state index in [4.69, 9.17) is 14.0 Å². The number of aromatic nitrogens is 4. The van der Waals surface area contributed by atoms with Gasteiger partial charge in [0.1, 0.15) is 0 Å². The Hall–Kier alpha value is -2.06. The molecule has 3 rings (SSSR count). The van der Waals surface area contributed by atoms with Crippen molar-refractivity contribution in [2.24, 2.45) is 7.05 Å². The Morgan fingerprint density at radius 2 is 2.35 bits per heavy atom. The van der Waals surface area contributed by atoms with Crippen LogP contribution in [-0.2, 0) is 19.4 Å². The molecule has 3 heterocycles. The van der Waals surface area contributed by atoms with Crippen molar-refractivity contribution in [1.29, 1.82) is 0 Å². The predicted octanol–water partition coefficient (Wildman–Crippen LogP) is 1.85. The van der Waals surface area contributed by atoms with Gasteiger partial charge in [-0.3, -0.25) is 0 Å². The lowest BCUT2D eigenvalue weighted by Gasteiger charge is -2.01. The third kappa shape index (κ3) is 2.47. The number of imidazole rings is 1. The summed E-state index contributed by atoms with van der Waals surface area (Å²) in [5.41, 5.74) is 0.761. The summed E-state index contributed by atoms with van der Waals surface area (Å²) >= 11 is 1.47. The summed E-state index contributed by atoms with van der Waals surface area (Å²) in [6, 6.07) is 3.52. The molecule has 0 fully saturated rings. The molecule has 3 aromatic heterocycles. The fourth-order valence-electron chi connectivity index (χ4n) is 1.65. The normalized spacial score (nSPS) is 11.1. The first kappa shape index (κ1) is 12.9. The maximum Gasteiger partial charge on any atom is 0.293 e. The Labute approximate surface area is 118 Å². The van der Waals surface area contributed by atoms with Crippen molar-refractivity contribution in [2.75, 3.05) is 0 Å². The van der Waals surface area contributed by atoms with Crippen molar-refractivity contribution < 1.29 is 14.0 Å². The highest BCUT2D eigenvalue weighted by Crippen LogP contribution is 2.23. The minimum absolute atomic E-state index is 0.0328. The third-order valence-electron chi connectivity index (χ3n) is 2.73. The molecule has 3 aromatic rings. The summed E-state index contributed by atoms with van der Waals surface area (Å²) in [6.07, 6.45) is 3.20. The van der Waals surface area contributed by atoms with Gasteiger partial charge in [0.25, 0.3) is 5.89 Å². The molecule has 0 spiro atoms. The number of hydrogen-bond donors (Lipinski definition) is 1. The van der Waals surface area contributed by atoms with Gasteiger partial charge >= 0.3 is 0 Å². The minimum atomic E-state index is -0.0328. The molecule has 0 bridgehead atoms. The van der Waals surface area contributed by atoms with Crippen LogP contribution in [0.5, 0.6) is 0 Å². The molecule has 20 heavy (non-hydrogen) atoms. The number of aliphatic hydroxyl groups excluding tert-OH is 1. The summed E-state index contributed by atoms with van der Waals surface area (Å²) < 4.78 is 12.1. The van der Waals surface area contributed by atoms with Gasteiger partial charge < -0.3 is 18.6 Å². The van der Waals surface area contributed by atoms with Crippen LogP contribution in [0.2, 0.25) is 0 Å². The van der Waals surface area contributed by atoms with E-state index in [0.29, 0.717) is 23.2 Å². The number of furan rings is 1. The summed E-state index contributed by atoms with van der Waals surface area (Å²) in [5, 5.41) is 13.8. The fourth-order valence-corrected chi connectivity index (χ4v) is 2.46. The Morgan fingerprint density at radius 3 is 3.05 bits per heavy atom. The van der Waals surface area contributed by atoms with Crippen LogP contribution in [0.4, 0.5) is 0 Å². The van der Waals surface area contributed by atoms with Crippen molar-refractivity contribution in [3.05, 3.63) is 36.1 Å². The van der Waals surface area contributed by atoms with Crippen molar-refractivity contribution in [2.45, 2.75) is 17.5 Å². The van der Waals surface area contributed by atoms with Gasteiger partial charge in [-0.15, -0.1) is 0 Å². The Bertz CT molecular complexity index is 689. The van der Waals surface area contributed by atoms with E-state index in [-0.39, 0.29) is 6.61 Å². The lowest BCUT2D eigenvalue weighted by atomic mass is 10.4. The fraction of sp³-hybridized carbons (Fsp3) is 0.250. The minimum Gasteiger partial charge on any atom is -0.459 e. The van der Waals surface area contributed by atoms with E-state index < -0.39 is 0 Å². The first-order valence-electron chi connectivity index (χ1n) is 5.88. The zero-order valence-corrected chi connectivity index (χ0v) is 11.5. The zero-order chi connectivity index (χ0) is 13.9. The third-order valence-corrected chi connectivity index (χ3v) is 3.77. The van der Waals surface area contributed by atoms with E-state index in [1.54, 1.807) is 24.6 Å². The number of hydrogen-bond acceptors (Lipinski definition) is 7. The van der Waals surface area contributed by atoms with E-state index in [1.807, 2.05) is 11.6 Å². The summed E-state index contributed by atoms with van der Waals surface area (Å²) in [6.45, 7) is -0.0328. The quantitative estimate of drug-likeness (QED) is 0.717. The first-order chi connectivity index (χ1) is 9.78. The average Bonchev–Trinajstić information content (AvgIpc) is 3.17. The van der Waals surface area contributed by atoms with E-state index >= 15 is 0 Å². The van der Waals surface area contributed by atoms with Gasteiger partial charge in [-0.1, -0.05) is 16.9 Å². The van der Waals surface area contributed by atoms with Crippen LogP contribution in [0, 0.1) is 0 Å². The molecule has 7 nitrogen and oxygen atoms in total. The highest BCUT2D eigenvalue weighted by Gasteiger charge is 2.13. The SMILES string of the molecule is Cn1c(CO)cnc1SCc1noc(-c2ccco2)n1. The molecule has 0 aliphatic rings. The van der Waals surface area contributed by atoms with E-state index in [9.17, 15) is 0 Å². The van der Waals surface area contributed by atoms with Crippen LogP contribution < -0.4 is 0 Å². The molecule has 0 saturated heterocycles. The molecule has 0 aliphatic carbocycles. The number of nitrogens with zero attached hydrogens (tertiary/aromatic N) is 4. The topological polar surface area (TPSA) is 90.1 Å². The van der Waals surface area contributed by atoms with Gasteiger partial charge in [0.05, 0.1) is 30.5 Å². The molecule has 0 amide bonds. The van der Waals surface area contributed by atoms with E-state index in [1.165, 1.54) is 11.8 Å². The van der Waals surface area contributed by atoms with Crippen molar-refractivity contribution in [3.8, 4) is 11.7 Å². The molecule has 0 atom stereocenters. The van der Waals surface area contributed by atoms with Gasteiger partial charge in [0.15, 0.2) is 16.7 Å². The molecular weight excluding hydrogens is 280 g/mol. The van der Waals surface area contributed by atoms with Crippen molar-refractivity contribution in [1.82, 2.24) is 19.7 Å². The van der Waals surface area contributed by atoms with Crippen molar-refractivity contribution in [3.63, 3.8) is 0 Å². The smallest absolute Gasteiger partial charge is 0.293 e. The maximum atomic E-state index is 9.11. The van der Waals surface area contributed by atoms with E-state index in [0.717, 1.165) is 10.9 Å². The average molecular weight is 292 g/mol. The second-order valence-corrected chi connectivity index (χ2v) is 4.97. The number of thioether (sulfide) groups is 1. The molecule has 0 aromatic carbocycles. The highest BCUT2D eigenvalue weighted by molar-refractivity contribution is 7.98. The van der Waals surface area contributed by atoms with Gasteiger partial charge in [-0.05, 0) is 12.1 Å². The molecule has 104 valence electrons. The molecule has 8 heteroatoms. The summed E-state index contributed by atoms with van der Waals surface area (Å²) in [4.78, 5) is 8.47. The molecule has 0 saturated carbocycles. The lowest BCUT2D eigenvalue weighted by Crippen LogP contribution is -1.97. The second kappa shape index (κ2) is 5.51. The number of aliphatic hydroxyl groups is 1. The molecular formula is C12H12N4O3S. The van der Waals surface area contributed by atoms with Gasteiger partial charge in [-0.25, -0.2) is 4.98 Å². The van der Waals surface area contributed by atoms with Gasteiger partial charge in [0, 0.05) is 7.05 Å². The Kier molecular flexibility index (Phi) is 3.57. The Morgan fingerprint density at radius 1 is 1.45 bits per heavy atom. The number of rotatable bonds is 5. The molecule has 0 aliphatic heterocycles. The van der Waals surface area contributed by atoms with Crippen LogP contribution >= 0.6 is 11.8 Å². The van der Waals surface area contributed by atoms with Crippen LogP contribution in [0.1, 0.15) is 11.5 Å². The van der Waals surface area contributed by atoms with Gasteiger partial charge in [-0.2, -0.15) is 4.98 Å².